The van der Waals surface area contributed by atoms with Crippen LogP contribution >= 0.6 is 0 Å². The summed E-state index contributed by atoms with van der Waals surface area (Å²) in [5, 5.41) is 14.0. The number of carboxylic acid groups (broad SMARTS) is 1. The number of H-pyrrole nitrogens is 1. The maximum atomic E-state index is 12.6. The zero-order chi connectivity index (χ0) is 30.2. The fourth-order valence-corrected chi connectivity index (χ4v) is 5.54. The highest BCUT2D eigenvalue weighted by molar-refractivity contribution is 7.76. The van der Waals surface area contributed by atoms with Crippen LogP contribution < -0.4 is 15.8 Å². The fourth-order valence-electron chi connectivity index (χ4n) is 4.66. The Morgan fingerprint density at radius 3 is 2.26 bits per heavy atom. The molecule has 2 aromatic carbocycles. The third kappa shape index (κ3) is 7.71. The molecule has 0 saturated carbocycles. The molecule has 4 N–H and O–H groups in total. The zero-order valence-electron chi connectivity index (χ0n) is 23.3. The molecule has 0 bridgehead atoms. The van der Waals surface area contributed by atoms with Gasteiger partial charge in [-0.25, -0.2) is 9.22 Å². The largest absolute Gasteiger partial charge is 0.480 e. The van der Waals surface area contributed by atoms with Gasteiger partial charge >= 0.3 is 5.97 Å². The number of pyridine rings is 1. The molecule has 0 spiro atoms. The lowest BCUT2D eigenvalue weighted by Gasteiger charge is -2.42. The van der Waals surface area contributed by atoms with Crippen molar-refractivity contribution in [1.82, 2.24) is 19.7 Å². The van der Waals surface area contributed by atoms with Crippen molar-refractivity contribution in [3.63, 3.8) is 0 Å². The van der Waals surface area contributed by atoms with Crippen LogP contribution in [0.15, 0.2) is 71.7 Å². The summed E-state index contributed by atoms with van der Waals surface area (Å²) >= 11 is -2.46. The molecule has 42 heavy (non-hydrogen) atoms. The summed E-state index contributed by atoms with van der Waals surface area (Å²) in [6.45, 7) is 5.57. The maximum Gasteiger partial charge on any atom is 0.323 e. The number of rotatable bonds is 9. The van der Waals surface area contributed by atoms with Gasteiger partial charge in [-0.3, -0.25) is 18.9 Å². The fraction of sp³-hybridized carbons (Fsp3) is 0.300. The van der Waals surface area contributed by atoms with Crippen LogP contribution in [0.2, 0.25) is 0 Å². The number of hydrogen-bond donors (Lipinski definition) is 4. The molecule has 1 aliphatic heterocycles. The summed E-state index contributed by atoms with van der Waals surface area (Å²) in [4.78, 5) is 41.3. The van der Waals surface area contributed by atoms with Crippen molar-refractivity contribution in [2.45, 2.75) is 26.4 Å². The number of hydrogen-bond acceptors (Lipinski definition) is 6. The molecule has 220 valence electrons. The van der Waals surface area contributed by atoms with Gasteiger partial charge in [-0.05, 0) is 41.8 Å². The van der Waals surface area contributed by atoms with Gasteiger partial charge in [-0.15, -0.1) is 4.41 Å². The number of hydrazine groups is 1. The lowest BCUT2D eigenvalue weighted by molar-refractivity contribution is -0.148. The van der Waals surface area contributed by atoms with Crippen molar-refractivity contribution >= 4 is 28.8 Å². The quantitative estimate of drug-likeness (QED) is 0.219. The van der Waals surface area contributed by atoms with Crippen molar-refractivity contribution in [2.24, 2.45) is 5.92 Å². The van der Waals surface area contributed by atoms with Gasteiger partial charge in [0.1, 0.15) is 11.6 Å². The molecule has 2 unspecified atom stereocenters. The Morgan fingerprint density at radius 1 is 1.02 bits per heavy atom. The van der Waals surface area contributed by atoms with Crippen molar-refractivity contribution in [3.8, 4) is 11.8 Å². The average Bonchev–Trinajstić information content (AvgIpc) is 2.98. The maximum absolute atomic E-state index is 12.6. The minimum Gasteiger partial charge on any atom is -0.480 e. The molecule has 12 heteroatoms. The van der Waals surface area contributed by atoms with E-state index in [0.717, 1.165) is 21.2 Å². The van der Waals surface area contributed by atoms with Gasteiger partial charge in [0.25, 0.3) is 11.5 Å². The molecular formula is C30H33N5O6S. The number of carbonyl (C=O) groups is 2. The Kier molecular flexibility index (Phi) is 10.3. The molecule has 4 rings (SSSR count). The van der Waals surface area contributed by atoms with Crippen LogP contribution in [-0.4, -0.2) is 72.4 Å². The molecule has 1 fully saturated rings. The number of carbonyl (C=O) groups excluding carboxylic acids is 1. The van der Waals surface area contributed by atoms with Crippen LogP contribution in [0.3, 0.4) is 0 Å². The van der Waals surface area contributed by atoms with Crippen molar-refractivity contribution in [2.75, 3.05) is 31.1 Å². The highest BCUT2D eigenvalue weighted by Crippen LogP contribution is 2.21. The van der Waals surface area contributed by atoms with Gasteiger partial charge < -0.3 is 20.3 Å². The number of carboxylic acids is 1. The first kappa shape index (κ1) is 30.7. The number of anilines is 1. The van der Waals surface area contributed by atoms with Crippen LogP contribution in [0.5, 0.6) is 0 Å². The third-order valence-electron chi connectivity index (χ3n) is 6.84. The Bertz CT molecular complexity index is 1540. The average molecular weight is 592 g/mol. The Balaban J connectivity index is 1.38. The highest BCUT2D eigenvalue weighted by atomic mass is 32.2. The molecule has 0 aliphatic carbocycles. The number of aliphatic carboxylic acids is 1. The number of aromatic amines is 1. The Hall–Kier alpha value is -4.28. The molecular weight excluding hydrogens is 558 g/mol. The van der Waals surface area contributed by atoms with Crippen molar-refractivity contribution < 1.29 is 23.5 Å². The van der Waals surface area contributed by atoms with E-state index in [1.807, 2.05) is 54.6 Å². The van der Waals surface area contributed by atoms with Crippen LogP contribution in [0.25, 0.3) is 0 Å². The van der Waals surface area contributed by atoms with Crippen LogP contribution in [0.1, 0.15) is 40.9 Å². The number of aromatic nitrogens is 1. The summed E-state index contributed by atoms with van der Waals surface area (Å²) in [5.74, 6) is 4.05. The van der Waals surface area contributed by atoms with E-state index in [1.165, 1.54) is 12.3 Å². The molecule has 1 amide bonds. The van der Waals surface area contributed by atoms with E-state index in [2.05, 4.69) is 27.0 Å². The minimum atomic E-state index is -2.46. The van der Waals surface area contributed by atoms with Crippen molar-refractivity contribution in [1.29, 1.82) is 0 Å². The lowest BCUT2D eigenvalue weighted by Crippen LogP contribution is -2.60. The van der Waals surface area contributed by atoms with Gasteiger partial charge in [-0.1, -0.05) is 56.0 Å². The number of nitrogens with one attached hydrogen (secondary N) is 2. The molecule has 11 nitrogen and oxygen atoms in total. The SMILES string of the molecule is CC(C)C(C(=O)O)N(N1CCN(c2ccc(C#Cc3c[nH]c(=O)c(C(=O)NCc4ccccc4)c3)cc2)CC1)S(=O)O. The monoisotopic (exact) mass is 591 g/mol. The lowest BCUT2D eigenvalue weighted by atomic mass is 10.1. The second-order valence-electron chi connectivity index (χ2n) is 10.1. The highest BCUT2D eigenvalue weighted by Gasteiger charge is 2.38. The summed E-state index contributed by atoms with van der Waals surface area (Å²) < 4.78 is 22.9. The summed E-state index contributed by atoms with van der Waals surface area (Å²) in [5.41, 5.74) is 2.58. The number of piperazine rings is 1. The van der Waals surface area contributed by atoms with E-state index in [0.29, 0.717) is 38.3 Å². The summed E-state index contributed by atoms with van der Waals surface area (Å²) in [6, 6.07) is 17.3. The summed E-state index contributed by atoms with van der Waals surface area (Å²) in [7, 11) is 0. The molecule has 2 heterocycles. The first-order valence-corrected chi connectivity index (χ1v) is 14.5. The molecule has 1 aliphatic rings. The number of benzene rings is 2. The first-order valence-electron chi connectivity index (χ1n) is 13.4. The number of nitrogens with zero attached hydrogens (tertiary/aromatic N) is 3. The summed E-state index contributed by atoms with van der Waals surface area (Å²) in [6.07, 6.45) is 1.47. The molecule has 2 atom stereocenters. The van der Waals surface area contributed by atoms with Crippen LogP contribution in [0.4, 0.5) is 5.69 Å². The van der Waals surface area contributed by atoms with Gasteiger partial charge in [0.15, 0.2) is 0 Å². The van der Waals surface area contributed by atoms with E-state index in [-0.39, 0.29) is 11.5 Å². The van der Waals surface area contributed by atoms with Gasteiger partial charge in [0.2, 0.25) is 11.3 Å². The van der Waals surface area contributed by atoms with E-state index in [9.17, 15) is 28.3 Å². The Labute approximate surface area is 246 Å². The van der Waals surface area contributed by atoms with Gasteiger partial charge in [-0.2, -0.15) is 0 Å². The van der Waals surface area contributed by atoms with Crippen LogP contribution in [0, 0.1) is 17.8 Å². The van der Waals surface area contributed by atoms with E-state index in [4.69, 9.17) is 0 Å². The van der Waals surface area contributed by atoms with Gasteiger partial charge in [0, 0.05) is 55.7 Å². The van der Waals surface area contributed by atoms with E-state index < -0.39 is 34.7 Å². The second-order valence-corrected chi connectivity index (χ2v) is 10.9. The van der Waals surface area contributed by atoms with Gasteiger partial charge in [0.05, 0.1) is 0 Å². The Morgan fingerprint density at radius 2 is 1.67 bits per heavy atom. The van der Waals surface area contributed by atoms with E-state index >= 15 is 0 Å². The second kappa shape index (κ2) is 14.1. The zero-order valence-corrected chi connectivity index (χ0v) is 24.1. The minimum absolute atomic E-state index is 0.0149. The van der Waals surface area contributed by atoms with E-state index in [1.54, 1.807) is 18.9 Å². The predicted octanol–water partition coefficient (Wildman–Crippen LogP) is 2.29. The third-order valence-corrected chi connectivity index (χ3v) is 7.62. The molecule has 3 aromatic rings. The number of amides is 1. The molecule has 0 radical (unpaired) electrons. The van der Waals surface area contributed by atoms with Crippen molar-refractivity contribution in [3.05, 3.63) is 99.5 Å². The standard InChI is InChI=1S/C30H33N5O6S/c1-21(2)27(30(38)39)35(42(40)41)34-16-14-33(15-17-34)25-12-10-22(11-13-25)8-9-24-18-26(29(37)32-20-24)28(36)31-19-23-6-4-3-5-7-23/h3-7,10-13,18,20-21,27H,14-17,19H2,1-2H3,(H,31,36)(H,32,37)(H,38,39)(H,40,41). The molecule has 1 saturated heterocycles. The molecule has 1 aromatic heterocycles. The van der Waals surface area contributed by atoms with Crippen LogP contribution in [-0.2, 0) is 22.6 Å². The first-order chi connectivity index (χ1) is 20.1. The predicted molar refractivity (Wildman–Crippen MR) is 160 cm³/mol. The topological polar surface area (TPSA) is 146 Å². The normalized spacial score (nSPS) is 15.1. The smallest absolute Gasteiger partial charge is 0.323 e.